The standard InChI is InChI=1S/C60H50N4/c1-58(2)30-31-59(3,4)52-36-54-48(35-51(52)58)45-22-11-13-25-53(45)64(54)42-27-28-43-39(33-42)19-15-23-46(43)57-62-55(40-20-14-18-38(32-40)37-16-8-7-9-17-37)61-56(63-57)41-26-29-50-47(34-41)44-21-10-12-24-49(44)60(50,5)6/h7-29,32-36H,30-31H2,1-6H3. The van der Waals surface area contributed by atoms with Crippen LogP contribution in [0.4, 0.5) is 0 Å². The number of aromatic nitrogens is 4. The molecule has 4 nitrogen and oxygen atoms in total. The third-order valence-electron chi connectivity index (χ3n) is 14.7. The second-order valence-corrected chi connectivity index (χ2v) is 19.9. The van der Waals surface area contributed by atoms with E-state index in [-0.39, 0.29) is 16.2 Å². The molecule has 2 aromatic heterocycles. The third-order valence-corrected chi connectivity index (χ3v) is 14.7. The average Bonchev–Trinajstić information content (AvgIpc) is 3.77. The fraction of sp³-hybridized carbons (Fsp3) is 0.183. The van der Waals surface area contributed by atoms with Crippen molar-refractivity contribution in [3.8, 4) is 62.1 Å². The molecule has 8 aromatic carbocycles. The van der Waals surface area contributed by atoms with E-state index < -0.39 is 0 Å². The van der Waals surface area contributed by atoms with Gasteiger partial charge in [0.1, 0.15) is 0 Å². The largest absolute Gasteiger partial charge is 0.309 e. The van der Waals surface area contributed by atoms with E-state index in [0.29, 0.717) is 17.5 Å². The number of hydrogen-bond donors (Lipinski definition) is 0. The summed E-state index contributed by atoms with van der Waals surface area (Å²) in [6.45, 7) is 14.3. The van der Waals surface area contributed by atoms with Crippen molar-refractivity contribution in [1.82, 2.24) is 19.5 Å². The lowest BCUT2D eigenvalue weighted by molar-refractivity contribution is 0.332. The minimum absolute atomic E-state index is 0.0916. The molecule has 2 aliphatic rings. The molecule has 12 rings (SSSR count). The molecule has 0 atom stereocenters. The Morgan fingerprint density at radius 1 is 0.375 bits per heavy atom. The summed E-state index contributed by atoms with van der Waals surface area (Å²) in [6.07, 6.45) is 2.36. The van der Waals surface area contributed by atoms with Crippen molar-refractivity contribution in [3.63, 3.8) is 0 Å². The molecule has 0 saturated carbocycles. The Hall–Kier alpha value is -7.17. The predicted molar refractivity (Wildman–Crippen MR) is 266 cm³/mol. The average molecular weight is 827 g/mol. The molecule has 310 valence electrons. The number of fused-ring (bicyclic) bond motifs is 8. The Morgan fingerprint density at radius 2 is 1.00 bits per heavy atom. The molecule has 0 spiro atoms. The van der Waals surface area contributed by atoms with Crippen molar-refractivity contribution in [2.45, 2.75) is 70.6 Å². The van der Waals surface area contributed by atoms with E-state index >= 15 is 0 Å². The summed E-state index contributed by atoms with van der Waals surface area (Å²) in [5, 5.41) is 4.83. The van der Waals surface area contributed by atoms with Crippen LogP contribution in [0.2, 0.25) is 0 Å². The molecule has 0 fully saturated rings. The first-order valence-electron chi connectivity index (χ1n) is 22.7. The van der Waals surface area contributed by atoms with Crippen LogP contribution >= 0.6 is 0 Å². The van der Waals surface area contributed by atoms with E-state index in [0.717, 1.165) is 44.3 Å². The molecule has 0 bridgehead atoms. The van der Waals surface area contributed by atoms with Gasteiger partial charge in [-0.15, -0.1) is 0 Å². The normalized spacial score (nSPS) is 15.6. The van der Waals surface area contributed by atoms with Crippen molar-refractivity contribution < 1.29 is 0 Å². The van der Waals surface area contributed by atoms with Crippen LogP contribution in [0, 0.1) is 0 Å². The van der Waals surface area contributed by atoms with Gasteiger partial charge in [-0.25, -0.2) is 15.0 Å². The van der Waals surface area contributed by atoms with Crippen LogP contribution in [0.1, 0.15) is 76.6 Å². The number of hydrogen-bond acceptors (Lipinski definition) is 3. The molecule has 10 aromatic rings. The third kappa shape index (κ3) is 5.92. The van der Waals surface area contributed by atoms with E-state index in [1.165, 1.54) is 68.0 Å². The number of para-hydroxylation sites is 1. The van der Waals surface area contributed by atoms with Crippen molar-refractivity contribution in [1.29, 1.82) is 0 Å². The molecule has 64 heavy (non-hydrogen) atoms. The molecule has 0 aliphatic heterocycles. The summed E-state index contributed by atoms with van der Waals surface area (Å²) in [5.41, 5.74) is 17.0. The molecular formula is C60H50N4. The van der Waals surface area contributed by atoms with Crippen LogP contribution in [0.25, 0.3) is 94.7 Å². The molecule has 2 aliphatic carbocycles. The zero-order valence-electron chi connectivity index (χ0n) is 37.4. The quantitative estimate of drug-likeness (QED) is 0.174. The maximum Gasteiger partial charge on any atom is 0.164 e. The summed E-state index contributed by atoms with van der Waals surface area (Å²) >= 11 is 0. The molecule has 2 heterocycles. The van der Waals surface area contributed by atoms with Crippen LogP contribution in [-0.2, 0) is 16.2 Å². The van der Waals surface area contributed by atoms with E-state index in [9.17, 15) is 0 Å². The minimum atomic E-state index is -0.0916. The van der Waals surface area contributed by atoms with Crippen molar-refractivity contribution in [3.05, 3.63) is 192 Å². The zero-order valence-corrected chi connectivity index (χ0v) is 37.4. The molecular weight excluding hydrogens is 777 g/mol. The lowest BCUT2D eigenvalue weighted by atomic mass is 9.63. The fourth-order valence-corrected chi connectivity index (χ4v) is 11.0. The summed E-state index contributed by atoms with van der Waals surface area (Å²) in [7, 11) is 0. The van der Waals surface area contributed by atoms with Gasteiger partial charge < -0.3 is 4.57 Å². The molecule has 0 N–H and O–H groups in total. The van der Waals surface area contributed by atoms with Crippen LogP contribution in [0.3, 0.4) is 0 Å². The van der Waals surface area contributed by atoms with Gasteiger partial charge in [0.25, 0.3) is 0 Å². The first-order valence-corrected chi connectivity index (χ1v) is 22.7. The SMILES string of the molecule is CC1(C)CCC(C)(C)c2cc3c(cc21)c1ccccc1n3-c1ccc2c(-c3nc(-c4cccc(-c5ccccc5)c4)nc(-c4ccc5c(c4)-c4ccccc4C5(C)C)n3)cccc2c1. The summed E-state index contributed by atoms with van der Waals surface area (Å²) in [6, 6.07) is 61.9. The van der Waals surface area contributed by atoms with E-state index in [2.05, 4.69) is 216 Å². The van der Waals surface area contributed by atoms with E-state index in [4.69, 9.17) is 15.0 Å². The molecule has 0 radical (unpaired) electrons. The predicted octanol–water partition coefficient (Wildman–Crippen LogP) is 15.4. The Labute approximate surface area is 375 Å². The van der Waals surface area contributed by atoms with Gasteiger partial charge in [0.2, 0.25) is 0 Å². The highest BCUT2D eigenvalue weighted by molar-refractivity contribution is 6.10. The van der Waals surface area contributed by atoms with E-state index in [1.807, 2.05) is 0 Å². The topological polar surface area (TPSA) is 43.6 Å². The van der Waals surface area contributed by atoms with Crippen LogP contribution in [0.15, 0.2) is 170 Å². The molecule has 0 saturated heterocycles. The van der Waals surface area contributed by atoms with Crippen molar-refractivity contribution in [2.75, 3.05) is 0 Å². The lowest BCUT2D eigenvalue weighted by Crippen LogP contribution is -2.33. The van der Waals surface area contributed by atoms with Crippen molar-refractivity contribution >= 4 is 32.6 Å². The second-order valence-electron chi connectivity index (χ2n) is 19.9. The highest BCUT2D eigenvalue weighted by Gasteiger charge is 2.38. The Morgan fingerprint density at radius 3 is 1.81 bits per heavy atom. The van der Waals surface area contributed by atoms with Crippen LogP contribution in [-0.4, -0.2) is 19.5 Å². The van der Waals surface area contributed by atoms with Gasteiger partial charge in [-0.2, -0.15) is 0 Å². The molecule has 4 heteroatoms. The Kier molecular flexibility index (Phi) is 8.37. The highest BCUT2D eigenvalue weighted by Crippen LogP contribution is 2.51. The second kappa shape index (κ2) is 13.9. The fourth-order valence-electron chi connectivity index (χ4n) is 11.0. The van der Waals surface area contributed by atoms with Crippen LogP contribution in [0.5, 0.6) is 0 Å². The maximum atomic E-state index is 5.34. The highest BCUT2D eigenvalue weighted by atomic mass is 15.0. The van der Waals surface area contributed by atoms with E-state index in [1.54, 1.807) is 0 Å². The number of rotatable bonds is 5. The lowest BCUT2D eigenvalue weighted by Gasteiger charge is -2.42. The molecule has 0 unspecified atom stereocenters. The minimum Gasteiger partial charge on any atom is -0.309 e. The maximum absolute atomic E-state index is 5.34. The Bertz CT molecular complexity index is 3530. The first kappa shape index (κ1) is 38.5. The number of nitrogens with zero attached hydrogens (tertiary/aromatic N) is 4. The summed E-state index contributed by atoms with van der Waals surface area (Å²) in [4.78, 5) is 15.9. The summed E-state index contributed by atoms with van der Waals surface area (Å²) < 4.78 is 2.47. The van der Waals surface area contributed by atoms with Gasteiger partial charge in [-0.1, -0.05) is 169 Å². The number of benzene rings is 8. The Balaban J connectivity index is 1.04. The van der Waals surface area contributed by atoms with Gasteiger partial charge in [0.05, 0.1) is 11.0 Å². The van der Waals surface area contributed by atoms with Gasteiger partial charge in [-0.3, -0.25) is 0 Å². The smallest absolute Gasteiger partial charge is 0.164 e. The molecule has 0 amide bonds. The van der Waals surface area contributed by atoms with Gasteiger partial charge in [0, 0.05) is 38.6 Å². The monoisotopic (exact) mass is 826 g/mol. The van der Waals surface area contributed by atoms with Gasteiger partial charge in [0.15, 0.2) is 17.5 Å². The summed E-state index contributed by atoms with van der Waals surface area (Å²) in [5.74, 6) is 1.95. The first-order chi connectivity index (χ1) is 30.9. The van der Waals surface area contributed by atoms with Crippen LogP contribution < -0.4 is 0 Å². The van der Waals surface area contributed by atoms with Gasteiger partial charge >= 0.3 is 0 Å². The van der Waals surface area contributed by atoms with Crippen molar-refractivity contribution in [2.24, 2.45) is 0 Å². The van der Waals surface area contributed by atoms with Gasteiger partial charge in [-0.05, 0) is 121 Å². The zero-order chi connectivity index (χ0) is 43.5.